The van der Waals surface area contributed by atoms with Crippen LogP contribution in [0.15, 0.2) is 58.9 Å². The van der Waals surface area contributed by atoms with Gasteiger partial charge in [-0.2, -0.15) is 5.10 Å². The standard InChI is InChI=1S/C18H18N6/c1-4-14(7-10-19-3)21-16-12-17(24-11-8-13(2)23-24)22-18-15(16)6-5-9-20-18/h5-12H,3-4H2,1-2H3/b10-7-,21-14?. The van der Waals surface area contributed by atoms with Gasteiger partial charge in [0, 0.05) is 35.8 Å². The third-order valence-electron chi connectivity index (χ3n) is 3.50. The molecule has 120 valence electrons. The normalized spacial score (nSPS) is 12.2. The third-order valence-corrected chi connectivity index (χ3v) is 3.50. The SMILES string of the molecule is C=N/C=C\C(CC)=Nc1cc(-n2ccc(C)n2)nc2ncccc12. The summed E-state index contributed by atoms with van der Waals surface area (Å²) >= 11 is 0. The molecule has 3 aromatic heterocycles. The Bertz CT molecular complexity index is 936. The first-order valence-electron chi connectivity index (χ1n) is 7.69. The van der Waals surface area contributed by atoms with E-state index in [2.05, 4.69) is 26.8 Å². The molecule has 0 aliphatic heterocycles. The van der Waals surface area contributed by atoms with Crippen molar-refractivity contribution in [2.24, 2.45) is 9.98 Å². The number of hydrogen-bond donors (Lipinski definition) is 0. The van der Waals surface area contributed by atoms with Gasteiger partial charge in [0.05, 0.1) is 11.4 Å². The molecular weight excluding hydrogens is 300 g/mol. The third kappa shape index (κ3) is 3.27. The van der Waals surface area contributed by atoms with E-state index >= 15 is 0 Å². The van der Waals surface area contributed by atoms with Gasteiger partial charge in [0.2, 0.25) is 0 Å². The molecule has 0 saturated heterocycles. The number of allylic oxidation sites excluding steroid dienone is 1. The number of rotatable bonds is 5. The molecule has 0 atom stereocenters. The topological polar surface area (TPSA) is 68.3 Å². The zero-order valence-electron chi connectivity index (χ0n) is 13.7. The Hall–Kier alpha value is -3.15. The summed E-state index contributed by atoms with van der Waals surface area (Å²) in [5.41, 5.74) is 3.28. The molecule has 0 aliphatic rings. The van der Waals surface area contributed by atoms with Crippen LogP contribution in [0, 0.1) is 6.92 Å². The highest BCUT2D eigenvalue weighted by Crippen LogP contribution is 2.26. The van der Waals surface area contributed by atoms with Crippen molar-refractivity contribution in [1.29, 1.82) is 0 Å². The molecule has 0 saturated carbocycles. The summed E-state index contributed by atoms with van der Waals surface area (Å²) in [6.07, 6.45) is 7.88. The predicted molar refractivity (Wildman–Crippen MR) is 97.5 cm³/mol. The Balaban J connectivity index is 2.19. The van der Waals surface area contributed by atoms with E-state index in [0.717, 1.165) is 28.9 Å². The van der Waals surface area contributed by atoms with Crippen LogP contribution in [0.5, 0.6) is 0 Å². The average molecular weight is 318 g/mol. The number of nitrogens with zero attached hydrogens (tertiary/aromatic N) is 6. The Morgan fingerprint density at radius 3 is 2.96 bits per heavy atom. The maximum Gasteiger partial charge on any atom is 0.163 e. The van der Waals surface area contributed by atoms with E-state index in [1.807, 2.05) is 50.4 Å². The van der Waals surface area contributed by atoms with Gasteiger partial charge in [-0.1, -0.05) is 6.92 Å². The summed E-state index contributed by atoms with van der Waals surface area (Å²) in [7, 11) is 0. The van der Waals surface area contributed by atoms with E-state index in [1.54, 1.807) is 17.1 Å². The van der Waals surface area contributed by atoms with Crippen LogP contribution in [0.1, 0.15) is 19.0 Å². The van der Waals surface area contributed by atoms with E-state index in [4.69, 9.17) is 4.99 Å². The number of aliphatic imine (C=N–C) groups is 2. The van der Waals surface area contributed by atoms with Crippen molar-refractivity contribution in [3.8, 4) is 5.82 Å². The summed E-state index contributed by atoms with van der Waals surface area (Å²) in [5.74, 6) is 0.689. The van der Waals surface area contributed by atoms with E-state index in [1.165, 1.54) is 0 Å². The number of pyridine rings is 2. The van der Waals surface area contributed by atoms with Crippen molar-refractivity contribution in [2.75, 3.05) is 0 Å². The lowest BCUT2D eigenvalue weighted by molar-refractivity contribution is 0.836. The number of aryl methyl sites for hydroxylation is 1. The van der Waals surface area contributed by atoms with Crippen LogP contribution in [0.3, 0.4) is 0 Å². The summed E-state index contributed by atoms with van der Waals surface area (Å²) in [6.45, 7) is 7.45. The second-order valence-corrected chi connectivity index (χ2v) is 5.23. The molecular formula is C18H18N6. The van der Waals surface area contributed by atoms with Crippen molar-refractivity contribution in [3.05, 3.63) is 54.6 Å². The monoisotopic (exact) mass is 318 g/mol. The number of fused-ring (bicyclic) bond motifs is 1. The van der Waals surface area contributed by atoms with Crippen LogP contribution in [-0.4, -0.2) is 32.2 Å². The van der Waals surface area contributed by atoms with Crippen molar-refractivity contribution in [3.63, 3.8) is 0 Å². The van der Waals surface area contributed by atoms with E-state index in [-0.39, 0.29) is 0 Å². The molecule has 0 bridgehead atoms. The first-order chi connectivity index (χ1) is 11.7. The molecule has 3 rings (SSSR count). The van der Waals surface area contributed by atoms with Gasteiger partial charge in [0.15, 0.2) is 11.5 Å². The first kappa shape index (κ1) is 15.7. The Morgan fingerprint density at radius 1 is 1.38 bits per heavy atom. The summed E-state index contributed by atoms with van der Waals surface area (Å²) in [4.78, 5) is 17.5. The molecule has 0 N–H and O–H groups in total. The van der Waals surface area contributed by atoms with Gasteiger partial charge < -0.3 is 0 Å². The molecule has 0 amide bonds. The fourth-order valence-corrected chi connectivity index (χ4v) is 2.31. The van der Waals surface area contributed by atoms with Crippen molar-refractivity contribution >= 4 is 29.1 Å². The van der Waals surface area contributed by atoms with Crippen LogP contribution in [-0.2, 0) is 0 Å². The quantitative estimate of drug-likeness (QED) is 0.672. The molecule has 0 spiro atoms. The minimum absolute atomic E-state index is 0.642. The lowest BCUT2D eigenvalue weighted by atomic mass is 10.2. The largest absolute Gasteiger partial charge is 0.272 e. The zero-order chi connectivity index (χ0) is 16.9. The van der Waals surface area contributed by atoms with Crippen LogP contribution in [0.25, 0.3) is 16.9 Å². The zero-order valence-corrected chi connectivity index (χ0v) is 13.7. The molecule has 3 aromatic rings. The van der Waals surface area contributed by atoms with Crippen LogP contribution in [0.2, 0.25) is 0 Å². The highest BCUT2D eigenvalue weighted by molar-refractivity contribution is 5.99. The highest BCUT2D eigenvalue weighted by atomic mass is 15.3. The molecule has 0 aromatic carbocycles. The number of hydrogen-bond acceptors (Lipinski definition) is 5. The summed E-state index contributed by atoms with van der Waals surface area (Å²) in [6, 6.07) is 7.70. The minimum atomic E-state index is 0.642. The lowest BCUT2D eigenvalue weighted by Crippen LogP contribution is -2.00. The molecule has 6 nitrogen and oxygen atoms in total. The predicted octanol–water partition coefficient (Wildman–Crippen LogP) is 3.82. The average Bonchev–Trinajstić information content (AvgIpc) is 3.04. The lowest BCUT2D eigenvalue weighted by Gasteiger charge is -2.07. The van der Waals surface area contributed by atoms with Gasteiger partial charge in [-0.15, -0.1) is 0 Å². The Morgan fingerprint density at radius 2 is 2.25 bits per heavy atom. The van der Waals surface area contributed by atoms with Gasteiger partial charge in [0.1, 0.15) is 0 Å². The molecule has 0 aliphatic carbocycles. The fourth-order valence-electron chi connectivity index (χ4n) is 2.31. The second-order valence-electron chi connectivity index (χ2n) is 5.23. The summed E-state index contributed by atoms with van der Waals surface area (Å²) < 4.78 is 1.73. The van der Waals surface area contributed by atoms with E-state index < -0.39 is 0 Å². The van der Waals surface area contributed by atoms with Crippen molar-refractivity contribution in [1.82, 2.24) is 19.7 Å². The summed E-state index contributed by atoms with van der Waals surface area (Å²) in [5, 5.41) is 5.32. The van der Waals surface area contributed by atoms with Crippen LogP contribution in [0.4, 0.5) is 5.69 Å². The minimum Gasteiger partial charge on any atom is -0.272 e. The molecule has 6 heteroatoms. The first-order valence-corrected chi connectivity index (χ1v) is 7.69. The van der Waals surface area contributed by atoms with Crippen LogP contribution < -0.4 is 0 Å². The van der Waals surface area contributed by atoms with Gasteiger partial charge in [-0.25, -0.2) is 14.6 Å². The maximum absolute atomic E-state index is 4.76. The smallest absolute Gasteiger partial charge is 0.163 e. The fraction of sp³-hybridized carbons (Fsp3) is 0.167. The molecule has 24 heavy (non-hydrogen) atoms. The van der Waals surface area contributed by atoms with Crippen LogP contribution >= 0.6 is 0 Å². The van der Waals surface area contributed by atoms with Gasteiger partial charge >= 0.3 is 0 Å². The van der Waals surface area contributed by atoms with Crippen molar-refractivity contribution < 1.29 is 0 Å². The second kappa shape index (κ2) is 6.95. The Kier molecular flexibility index (Phi) is 4.56. The van der Waals surface area contributed by atoms with E-state index in [9.17, 15) is 0 Å². The van der Waals surface area contributed by atoms with Gasteiger partial charge in [-0.3, -0.25) is 9.98 Å². The molecule has 0 unspecified atom stereocenters. The van der Waals surface area contributed by atoms with Gasteiger partial charge in [0.25, 0.3) is 0 Å². The number of aromatic nitrogens is 4. The molecule has 3 heterocycles. The highest BCUT2D eigenvalue weighted by Gasteiger charge is 2.09. The van der Waals surface area contributed by atoms with Gasteiger partial charge in [-0.05, 0) is 44.3 Å². The Labute approximate surface area is 140 Å². The molecule has 0 radical (unpaired) electrons. The van der Waals surface area contributed by atoms with E-state index in [0.29, 0.717) is 11.5 Å². The molecule has 0 fully saturated rings. The van der Waals surface area contributed by atoms with Crippen molar-refractivity contribution in [2.45, 2.75) is 20.3 Å². The maximum atomic E-state index is 4.76.